The molecule has 0 amide bonds. The Bertz CT molecular complexity index is 392. The molecule has 15 heavy (non-hydrogen) atoms. The quantitative estimate of drug-likeness (QED) is 0.813. The van der Waals surface area contributed by atoms with E-state index in [0.717, 1.165) is 7.11 Å². The van der Waals surface area contributed by atoms with E-state index in [9.17, 15) is 18.0 Å². The van der Waals surface area contributed by atoms with Gasteiger partial charge >= 0.3 is 12.1 Å². The van der Waals surface area contributed by atoms with Gasteiger partial charge in [-0.1, -0.05) is 0 Å². The zero-order valence-electron chi connectivity index (χ0n) is 7.37. The summed E-state index contributed by atoms with van der Waals surface area (Å²) in [5, 5.41) is 14.7. The number of ether oxygens (including phenoxy) is 1. The highest BCUT2D eigenvalue weighted by molar-refractivity contribution is 5.92. The molecular formula is C7H5F3N2O3. The normalized spacial score (nSPS) is 11.2. The highest BCUT2D eigenvalue weighted by Crippen LogP contribution is 2.34. The first-order valence-electron chi connectivity index (χ1n) is 3.58. The maximum atomic E-state index is 12.3. The van der Waals surface area contributed by atoms with Gasteiger partial charge in [0, 0.05) is 0 Å². The van der Waals surface area contributed by atoms with Crippen LogP contribution in [0.25, 0.3) is 0 Å². The molecule has 0 aliphatic rings. The van der Waals surface area contributed by atoms with E-state index >= 15 is 0 Å². The Morgan fingerprint density at radius 1 is 1.53 bits per heavy atom. The van der Waals surface area contributed by atoms with Crippen LogP contribution in [0.2, 0.25) is 0 Å². The number of hydrogen-bond donors (Lipinski definition) is 1. The summed E-state index contributed by atoms with van der Waals surface area (Å²) in [6.45, 7) is 0. The van der Waals surface area contributed by atoms with Crippen molar-refractivity contribution in [3.63, 3.8) is 0 Å². The first-order chi connectivity index (χ1) is 6.88. The predicted octanol–water partition coefficient (Wildman–Crippen LogP) is 1.20. The average Bonchev–Trinajstić information content (AvgIpc) is 2.15. The number of carboxylic acids is 1. The molecule has 82 valence electrons. The molecule has 0 saturated carbocycles. The van der Waals surface area contributed by atoms with Crippen molar-refractivity contribution in [2.75, 3.05) is 7.11 Å². The molecule has 0 bridgehead atoms. The lowest BCUT2D eigenvalue weighted by molar-refractivity contribution is -0.138. The lowest BCUT2D eigenvalue weighted by atomic mass is 10.1. The van der Waals surface area contributed by atoms with Crippen molar-refractivity contribution in [1.82, 2.24) is 10.2 Å². The van der Waals surface area contributed by atoms with E-state index in [1.807, 2.05) is 0 Å². The Kier molecular flexibility index (Phi) is 2.78. The van der Waals surface area contributed by atoms with Gasteiger partial charge in [-0.25, -0.2) is 4.79 Å². The van der Waals surface area contributed by atoms with E-state index in [0.29, 0.717) is 6.20 Å². The third-order valence-corrected chi connectivity index (χ3v) is 1.53. The van der Waals surface area contributed by atoms with Crippen LogP contribution in [0.15, 0.2) is 6.20 Å². The second-order valence-electron chi connectivity index (χ2n) is 2.45. The topological polar surface area (TPSA) is 72.3 Å². The largest absolute Gasteiger partial charge is 0.479 e. The van der Waals surface area contributed by atoms with Crippen molar-refractivity contribution in [1.29, 1.82) is 0 Å². The highest BCUT2D eigenvalue weighted by atomic mass is 19.4. The first kappa shape index (κ1) is 11.2. The summed E-state index contributed by atoms with van der Waals surface area (Å²) in [4.78, 5) is 10.6. The van der Waals surface area contributed by atoms with E-state index in [1.54, 1.807) is 0 Å². The maximum Gasteiger partial charge on any atom is 0.419 e. The van der Waals surface area contributed by atoms with Gasteiger partial charge < -0.3 is 9.84 Å². The minimum Gasteiger partial charge on any atom is -0.479 e. The number of rotatable bonds is 2. The summed E-state index contributed by atoms with van der Waals surface area (Å²) in [6.07, 6.45) is -4.47. The van der Waals surface area contributed by atoms with Gasteiger partial charge in [0.15, 0.2) is 0 Å². The Hall–Kier alpha value is -1.86. The molecule has 0 saturated heterocycles. The van der Waals surface area contributed by atoms with E-state index in [4.69, 9.17) is 5.11 Å². The van der Waals surface area contributed by atoms with Crippen LogP contribution in [0.1, 0.15) is 15.9 Å². The van der Waals surface area contributed by atoms with Gasteiger partial charge in [-0.3, -0.25) is 0 Å². The van der Waals surface area contributed by atoms with Crippen LogP contribution in [-0.2, 0) is 6.18 Å². The molecule has 0 atom stereocenters. The van der Waals surface area contributed by atoms with Crippen LogP contribution in [0, 0.1) is 0 Å². The smallest absolute Gasteiger partial charge is 0.419 e. The summed E-state index contributed by atoms with van der Waals surface area (Å²) in [5.41, 5.74) is -2.43. The summed E-state index contributed by atoms with van der Waals surface area (Å²) in [7, 11) is 1.01. The first-order valence-corrected chi connectivity index (χ1v) is 3.58. The Balaban J connectivity index is 3.46. The zero-order valence-corrected chi connectivity index (χ0v) is 7.37. The second kappa shape index (κ2) is 3.71. The minimum atomic E-state index is -4.81. The molecule has 1 aromatic rings. The fourth-order valence-electron chi connectivity index (χ4n) is 0.933. The fourth-order valence-corrected chi connectivity index (χ4v) is 0.933. The van der Waals surface area contributed by atoms with Crippen LogP contribution < -0.4 is 4.74 Å². The van der Waals surface area contributed by atoms with Crippen LogP contribution in [0.5, 0.6) is 5.88 Å². The molecule has 1 aromatic heterocycles. The summed E-state index contributed by atoms with van der Waals surface area (Å²) in [5.74, 6) is -2.44. The number of carboxylic acid groups (broad SMARTS) is 1. The Morgan fingerprint density at radius 2 is 2.13 bits per heavy atom. The van der Waals surface area contributed by atoms with Crippen LogP contribution in [0.3, 0.4) is 0 Å². The number of alkyl halides is 3. The van der Waals surface area contributed by atoms with Crippen molar-refractivity contribution in [2.45, 2.75) is 6.18 Å². The van der Waals surface area contributed by atoms with Crippen LogP contribution >= 0.6 is 0 Å². The van der Waals surface area contributed by atoms with Crippen molar-refractivity contribution in [3.8, 4) is 5.88 Å². The molecule has 1 heterocycles. The van der Waals surface area contributed by atoms with Crippen LogP contribution in [0.4, 0.5) is 13.2 Å². The molecule has 0 spiro atoms. The third-order valence-electron chi connectivity index (χ3n) is 1.53. The molecule has 0 aromatic carbocycles. The van der Waals surface area contributed by atoms with Crippen LogP contribution in [-0.4, -0.2) is 28.4 Å². The SMILES string of the molecule is COc1nncc(C(F)(F)F)c1C(=O)O. The lowest BCUT2D eigenvalue weighted by Crippen LogP contribution is -2.16. The molecule has 8 heteroatoms. The standard InChI is InChI=1S/C7H5F3N2O3/c1-15-5-4(6(13)14)3(2-11-12-5)7(8,9)10/h2H,1H3,(H,13,14). The number of carbonyl (C=O) groups is 1. The monoisotopic (exact) mass is 222 g/mol. The summed E-state index contributed by atoms with van der Waals surface area (Å²) < 4.78 is 41.4. The lowest BCUT2D eigenvalue weighted by Gasteiger charge is -2.10. The fraction of sp³-hybridized carbons (Fsp3) is 0.286. The average molecular weight is 222 g/mol. The maximum absolute atomic E-state index is 12.3. The van der Waals surface area contributed by atoms with Crippen molar-refractivity contribution in [3.05, 3.63) is 17.3 Å². The highest BCUT2D eigenvalue weighted by Gasteiger charge is 2.38. The molecule has 5 nitrogen and oxygen atoms in total. The number of aromatic carboxylic acids is 1. The molecule has 0 aliphatic heterocycles. The molecule has 1 N–H and O–H groups in total. The molecule has 0 aliphatic carbocycles. The van der Waals surface area contributed by atoms with Gasteiger partial charge in [-0.15, -0.1) is 5.10 Å². The van der Waals surface area contributed by atoms with Gasteiger partial charge in [0.2, 0.25) is 5.88 Å². The van der Waals surface area contributed by atoms with Gasteiger partial charge in [0.25, 0.3) is 0 Å². The van der Waals surface area contributed by atoms with Gasteiger partial charge in [0.1, 0.15) is 5.56 Å². The summed E-state index contributed by atoms with van der Waals surface area (Å²) in [6, 6.07) is 0. The molecule has 1 rings (SSSR count). The van der Waals surface area contributed by atoms with Gasteiger partial charge in [0.05, 0.1) is 18.9 Å². The number of halogens is 3. The molecule has 0 unspecified atom stereocenters. The van der Waals surface area contributed by atoms with E-state index in [-0.39, 0.29) is 0 Å². The van der Waals surface area contributed by atoms with Crippen molar-refractivity contribution < 1.29 is 27.8 Å². The molecular weight excluding hydrogens is 217 g/mol. The minimum absolute atomic E-state index is 0.339. The number of nitrogens with zero attached hydrogens (tertiary/aromatic N) is 2. The van der Waals surface area contributed by atoms with E-state index < -0.39 is 29.2 Å². The van der Waals surface area contributed by atoms with Gasteiger partial charge in [-0.2, -0.15) is 18.3 Å². The Labute approximate surface area is 81.5 Å². The zero-order chi connectivity index (χ0) is 11.6. The predicted molar refractivity (Wildman–Crippen MR) is 40.5 cm³/mol. The number of hydrogen-bond acceptors (Lipinski definition) is 4. The van der Waals surface area contributed by atoms with E-state index in [1.165, 1.54) is 0 Å². The second-order valence-corrected chi connectivity index (χ2v) is 2.45. The van der Waals surface area contributed by atoms with Crippen molar-refractivity contribution >= 4 is 5.97 Å². The number of aromatic nitrogens is 2. The third kappa shape index (κ3) is 2.14. The Morgan fingerprint density at radius 3 is 2.53 bits per heavy atom. The summed E-state index contributed by atoms with van der Waals surface area (Å²) >= 11 is 0. The molecule has 0 radical (unpaired) electrons. The van der Waals surface area contributed by atoms with E-state index in [2.05, 4.69) is 14.9 Å². The van der Waals surface area contributed by atoms with Crippen molar-refractivity contribution in [2.24, 2.45) is 0 Å². The molecule has 0 fully saturated rings. The van der Waals surface area contributed by atoms with Gasteiger partial charge in [-0.05, 0) is 0 Å². The number of methoxy groups -OCH3 is 1.